The third-order valence-electron chi connectivity index (χ3n) is 4.77. The first-order valence-electron chi connectivity index (χ1n) is 9.75. The number of amides is 2. The first-order valence-corrected chi connectivity index (χ1v) is 10.6. The van der Waals surface area contributed by atoms with Crippen LogP contribution >= 0.6 is 11.8 Å². The van der Waals surface area contributed by atoms with E-state index in [9.17, 15) is 9.59 Å². The topological polar surface area (TPSA) is 46.6 Å². The van der Waals surface area contributed by atoms with Crippen LogP contribution in [0.5, 0.6) is 5.75 Å². The quantitative estimate of drug-likeness (QED) is 0.475. The second kappa shape index (κ2) is 9.46. The zero-order valence-electron chi connectivity index (χ0n) is 16.4. The molecule has 1 aliphatic rings. The fourth-order valence-electron chi connectivity index (χ4n) is 3.13. The van der Waals surface area contributed by atoms with Gasteiger partial charge in [-0.25, -0.2) is 0 Å². The molecule has 0 radical (unpaired) electrons. The van der Waals surface area contributed by atoms with Crippen LogP contribution in [0.4, 0.5) is 4.79 Å². The Kier molecular flexibility index (Phi) is 6.30. The molecule has 2 amide bonds. The van der Waals surface area contributed by atoms with Gasteiger partial charge in [0.05, 0.1) is 4.91 Å². The zero-order valence-corrected chi connectivity index (χ0v) is 17.2. The highest BCUT2D eigenvalue weighted by molar-refractivity contribution is 8.18. The zero-order chi connectivity index (χ0) is 20.8. The molecule has 150 valence electrons. The summed E-state index contributed by atoms with van der Waals surface area (Å²) in [5.41, 5.74) is 3.06. The number of thioether (sulfide) groups is 1. The van der Waals surface area contributed by atoms with Crippen molar-refractivity contribution in [2.24, 2.45) is 0 Å². The summed E-state index contributed by atoms with van der Waals surface area (Å²) in [7, 11) is 0. The second-order valence-corrected chi connectivity index (χ2v) is 7.91. The molecular weight excluding hydrogens is 394 g/mol. The van der Waals surface area contributed by atoms with Gasteiger partial charge in [0, 0.05) is 6.54 Å². The van der Waals surface area contributed by atoms with Crippen molar-refractivity contribution in [3.05, 3.63) is 107 Å². The van der Waals surface area contributed by atoms with Crippen molar-refractivity contribution in [2.45, 2.75) is 13.0 Å². The Morgan fingerprint density at radius 2 is 1.43 bits per heavy atom. The minimum absolute atomic E-state index is 0.218. The first-order chi connectivity index (χ1) is 14.7. The molecule has 5 heteroatoms. The molecule has 0 bridgehead atoms. The lowest BCUT2D eigenvalue weighted by Gasteiger charge is -2.12. The maximum Gasteiger partial charge on any atom is 0.293 e. The van der Waals surface area contributed by atoms with Crippen molar-refractivity contribution in [2.75, 3.05) is 6.54 Å². The summed E-state index contributed by atoms with van der Waals surface area (Å²) < 4.78 is 5.79. The maximum atomic E-state index is 12.7. The monoisotopic (exact) mass is 415 g/mol. The molecule has 0 aromatic heterocycles. The molecule has 0 atom stereocenters. The van der Waals surface area contributed by atoms with Gasteiger partial charge in [0.2, 0.25) is 0 Å². The van der Waals surface area contributed by atoms with Gasteiger partial charge in [0.25, 0.3) is 11.1 Å². The lowest BCUT2D eigenvalue weighted by Crippen LogP contribution is -2.30. The van der Waals surface area contributed by atoms with Crippen molar-refractivity contribution < 1.29 is 14.3 Å². The minimum atomic E-state index is -0.231. The minimum Gasteiger partial charge on any atom is -0.489 e. The van der Waals surface area contributed by atoms with Crippen LogP contribution in [0.25, 0.3) is 6.08 Å². The van der Waals surface area contributed by atoms with E-state index in [2.05, 4.69) is 0 Å². The fraction of sp³-hybridized carbons (Fsp3) is 0.120. The van der Waals surface area contributed by atoms with Crippen LogP contribution in [0.3, 0.4) is 0 Å². The van der Waals surface area contributed by atoms with Gasteiger partial charge >= 0.3 is 0 Å². The van der Waals surface area contributed by atoms with Crippen LogP contribution in [0.15, 0.2) is 89.8 Å². The molecule has 3 aromatic carbocycles. The highest BCUT2D eigenvalue weighted by atomic mass is 32.2. The van der Waals surface area contributed by atoms with Crippen LogP contribution in [0.2, 0.25) is 0 Å². The van der Waals surface area contributed by atoms with E-state index in [1.165, 1.54) is 4.90 Å². The molecule has 1 fully saturated rings. The Morgan fingerprint density at radius 1 is 0.800 bits per heavy atom. The van der Waals surface area contributed by atoms with Gasteiger partial charge in [-0.05, 0) is 53.1 Å². The van der Waals surface area contributed by atoms with Gasteiger partial charge in [-0.1, -0.05) is 72.8 Å². The number of nitrogens with zero attached hydrogens (tertiary/aromatic N) is 1. The van der Waals surface area contributed by atoms with E-state index < -0.39 is 0 Å². The molecule has 0 spiro atoms. The van der Waals surface area contributed by atoms with Gasteiger partial charge in [0.15, 0.2) is 0 Å². The Labute approximate surface area is 180 Å². The lowest BCUT2D eigenvalue weighted by atomic mass is 10.1. The Hall–Kier alpha value is -3.31. The maximum absolute atomic E-state index is 12.7. The Morgan fingerprint density at radius 3 is 2.10 bits per heavy atom. The summed E-state index contributed by atoms with van der Waals surface area (Å²) in [5.74, 6) is 0.525. The van der Waals surface area contributed by atoms with Gasteiger partial charge in [-0.15, -0.1) is 0 Å². The number of carbonyl (C=O) groups excluding carboxylic acids is 2. The summed E-state index contributed by atoms with van der Waals surface area (Å²) in [6.45, 7) is 0.888. The van der Waals surface area contributed by atoms with Gasteiger partial charge in [0.1, 0.15) is 12.4 Å². The van der Waals surface area contributed by atoms with E-state index in [4.69, 9.17) is 4.74 Å². The van der Waals surface area contributed by atoms with E-state index >= 15 is 0 Å². The molecule has 0 aliphatic carbocycles. The number of ether oxygens (including phenoxy) is 1. The third kappa shape index (κ3) is 4.99. The SMILES string of the molecule is O=C1S/C(=C\c2ccc(OCc3ccccc3)cc2)C(=O)N1CCc1ccccc1. The van der Waals surface area contributed by atoms with E-state index in [1.54, 1.807) is 6.08 Å². The molecule has 1 heterocycles. The predicted molar refractivity (Wildman–Crippen MR) is 120 cm³/mol. The fourth-order valence-corrected chi connectivity index (χ4v) is 4.00. The molecule has 4 nitrogen and oxygen atoms in total. The van der Waals surface area contributed by atoms with Gasteiger partial charge in [-0.3, -0.25) is 14.5 Å². The van der Waals surface area contributed by atoms with Crippen LogP contribution < -0.4 is 4.74 Å². The van der Waals surface area contributed by atoms with Crippen LogP contribution in [0.1, 0.15) is 16.7 Å². The normalized spacial score (nSPS) is 15.1. The summed E-state index contributed by atoms with van der Waals surface area (Å²) in [4.78, 5) is 26.7. The van der Waals surface area contributed by atoms with Crippen LogP contribution in [-0.2, 0) is 17.8 Å². The molecule has 0 saturated carbocycles. The number of carbonyl (C=O) groups is 2. The van der Waals surface area contributed by atoms with Gasteiger partial charge < -0.3 is 4.74 Å². The molecule has 1 aliphatic heterocycles. The second-order valence-electron chi connectivity index (χ2n) is 6.91. The number of imide groups is 1. The highest BCUT2D eigenvalue weighted by Gasteiger charge is 2.34. The number of benzene rings is 3. The standard InChI is InChI=1S/C25H21NO3S/c27-24-23(30-25(28)26(24)16-15-19-7-3-1-4-8-19)17-20-11-13-22(14-12-20)29-18-21-9-5-2-6-10-21/h1-14,17H,15-16,18H2/b23-17-. The van der Waals surface area contributed by atoms with Gasteiger partial charge in [-0.2, -0.15) is 0 Å². The molecular formula is C25H21NO3S. The van der Waals surface area contributed by atoms with Crippen molar-refractivity contribution >= 4 is 29.0 Å². The average molecular weight is 416 g/mol. The predicted octanol–water partition coefficient (Wildman–Crippen LogP) is 5.54. The Balaban J connectivity index is 1.37. The summed E-state index contributed by atoms with van der Waals surface area (Å²) >= 11 is 0.991. The average Bonchev–Trinajstić information content (AvgIpc) is 3.05. The number of hydrogen-bond donors (Lipinski definition) is 0. The summed E-state index contributed by atoms with van der Waals surface area (Å²) in [6.07, 6.45) is 2.41. The molecule has 0 N–H and O–H groups in total. The van der Waals surface area contributed by atoms with Crippen LogP contribution in [-0.4, -0.2) is 22.6 Å². The first kappa shape index (κ1) is 20.0. The lowest BCUT2D eigenvalue weighted by molar-refractivity contribution is -0.122. The molecule has 0 unspecified atom stereocenters. The van der Waals surface area contributed by atoms with Crippen LogP contribution in [0, 0.1) is 0 Å². The highest BCUT2D eigenvalue weighted by Crippen LogP contribution is 2.32. The molecule has 4 rings (SSSR count). The van der Waals surface area contributed by atoms with Crippen molar-refractivity contribution in [1.82, 2.24) is 4.90 Å². The van der Waals surface area contributed by atoms with E-state index in [1.807, 2.05) is 84.9 Å². The molecule has 30 heavy (non-hydrogen) atoms. The van der Waals surface area contributed by atoms with E-state index in [0.29, 0.717) is 24.5 Å². The van der Waals surface area contributed by atoms with Crippen molar-refractivity contribution in [1.29, 1.82) is 0 Å². The number of hydrogen-bond acceptors (Lipinski definition) is 4. The smallest absolute Gasteiger partial charge is 0.293 e. The van der Waals surface area contributed by atoms with E-state index in [-0.39, 0.29) is 11.1 Å². The third-order valence-corrected chi connectivity index (χ3v) is 5.67. The largest absolute Gasteiger partial charge is 0.489 e. The number of rotatable bonds is 7. The molecule has 3 aromatic rings. The van der Waals surface area contributed by atoms with Crippen molar-refractivity contribution in [3.8, 4) is 5.75 Å². The van der Waals surface area contributed by atoms with Crippen molar-refractivity contribution in [3.63, 3.8) is 0 Å². The molecule has 1 saturated heterocycles. The summed E-state index contributed by atoms with van der Waals surface area (Å²) in [5, 5.41) is -0.218. The Bertz CT molecular complexity index is 1050. The summed E-state index contributed by atoms with van der Waals surface area (Å²) in [6, 6.07) is 27.3. The van der Waals surface area contributed by atoms with E-state index in [0.717, 1.165) is 34.2 Å².